The fourth-order valence-electron chi connectivity index (χ4n) is 2.35. The van der Waals surface area contributed by atoms with Gasteiger partial charge in [-0.1, -0.05) is 0 Å². The number of rotatable bonds is 1. The van der Waals surface area contributed by atoms with Crippen molar-refractivity contribution in [2.45, 2.75) is 25.8 Å². The molecule has 0 bridgehead atoms. The van der Waals surface area contributed by atoms with E-state index >= 15 is 0 Å². The molecular weight excluding hydrogens is 208 g/mol. The van der Waals surface area contributed by atoms with Gasteiger partial charge in [-0.3, -0.25) is 4.79 Å². The molecule has 0 aromatic rings. The van der Waals surface area contributed by atoms with Crippen LogP contribution in [0.25, 0.3) is 0 Å². The largest absolute Gasteiger partial charge is 0.338 e. The lowest BCUT2D eigenvalue weighted by molar-refractivity contribution is -0.137. The molecule has 2 saturated heterocycles. The highest BCUT2D eigenvalue weighted by Crippen LogP contribution is 2.21. The maximum absolute atomic E-state index is 12.2. The Balaban J connectivity index is 1.92. The van der Waals surface area contributed by atoms with E-state index < -0.39 is 0 Å². The van der Waals surface area contributed by atoms with E-state index in [4.69, 9.17) is 0 Å². The fourth-order valence-corrected chi connectivity index (χ4v) is 3.37. The zero-order chi connectivity index (χ0) is 10.7. The molecule has 0 aliphatic carbocycles. The van der Waals surface area contributed by atoms with E-state index in [1.165, 1.54) is 0 Å². The van der Waals surface area contributed by atoms with Crippen LogP contribution in [-0.2, 0) is 4.79 Å². The van der Waals surface area contributed by atoms with Gasteiger partial charge in [-0.2, -0.15) is 11.8 Å². The zero-order valence-corrected chi connectivity index (χ0v) is 10.2. The molecule has 2 aliphatic rings. The SMILES string of the molecule is CC1CSCCN1C(=O)[C@@H]1CCCNC1. The van der Waals surface area contributed by atoms with Crippen LogP contribution in [0.3, 0.4) is 0 Å². The lowest BCUT2D eigenvalue weighted by atomic mass is 9.97. The standard InChI is InChI=1S/C11H20N2OS/c1-9-8-15-6-5-13(9)11(14)10-3-2-4-12-7-10/h9-10,12H,2-8H2,1H3/t9?,10-/m1/s1. The summed E-state index contributed by atoms with van der Waals surface area (Å²) < 4.78 is 0. The third kappa shape index (κ3) is 2.67. The lowest BCUT2D eigenvalue weighted by Gasteiger charge is -2.36. The minimum Gasteiger partial charge on any atom is -0.338 e. The minimum atomic E-state index is 0.240. The Hall–Kier alpha value is -0.220. The van der Waals surface area contributed by atoms with E-state index in [0.717, 1.165) is 44.0 Å². The van der Waals surface area contributed by atoms with E-state index in [1.807, 2.05) is 11.8 Å². The van der Waals surface area contributed by atoms with Crippen LogP contribution in [0.1, 0.15) is 19.8 Å². The summed E-state index contributed by atoms with van der Waals surface area (Å²) in [7, 11) is 0. The Kier molecular flexibility index (Phi) is 3.92. The second kappa shape index (κ2) is 5.21. The van der Waals surface area contributed by atoms with Gasteiger partial charge in [0.1, 0.15) is 0 Å². The number of carbonyl (C=O) groups excluding carboxylic acids is 1. The molecule has 1 unspecified atom stereocenters. The molecule has 0 spiro atoms. The molecule has 0 saturated carbocycles. The molecule has 2 heterocycles. The molecule has 0 aromatic carbocycles. The number of piperidine rings is 1. The molecule has 2 rings (SSSR count). The molecule has 0 aromatic heterocycles. The lowest BCUT2D eigenvalue weighted by Crippen LogP contribution is -2.50. The fraction of sp³-hybridized carbons (Fsp3) is 0.909. The molecule has 15 heavy (non-hydrogen) atoms. The molecule has 2 atom stereocenters. The summed E-state index contributed by atoms with van der Waals surface area (Å²) in [6.45, 7) is 5.08. The highest BCUT2D eigenvalue weighted by atomic mass is 32.2. The summed E-state index contributed by atoms with van der Waals surface area (Å²) in [6, 6.07) is 0.429. The van der Waals surface area contributed by atoms with Crippen molar-refractivity contribution in [2.24, 2.45) is 5.92 Å². The van der Waals surface area contributed by atoms with Crippen molar-refractivity contribution in [2.75, 3.05) is 31.1 Å². The van der Waals surface area contributed by atoms with Crippen LogP contribution in [-0.4, -0.2) is 48.0 Å². The number of hydrogen-bond donors (Lipinski definition) is 1. The predicted molar refractivity (Wildman–Crippen MR) is 64.1 cm³/mol. The Labute approximate surface area is 96.0 Å². The van der Waals surface area contributed by atoms with Crippen molar-refractivity contribution in [3.05, 3.63) is 0 Å². The van der Waals surface area contributed by atoms with Gasteiger partial charge in [0, 0.05) is 30.6 Å². The van der Waals surface area contributed by atoms with Crippen LogP contribution in [0.15, 0.2) is 0 Å². The Morgan fingerprint density at radius 2 is 2.40 bits per heavy atom. The van der Waals surface area contributed by atoms with Gasteiger partial charge in [-0.05, 0) is 26.3 Å². The molecule has 3 nitrogen and oxygen atoms in total. The first kappa shape index (κ1) is 11.3. The number of thioether (sulfide) groups is 1. The average Bonchev–Trinajstić information content (AvgIpc) is 2.30. The Bertz CT molecular complexity index is 229. The predicted octanol–water partition coefficient (Wildman–Crippen LogP) is 0.950. The molecule has 1 amide bonds. The highest BCUT2D eigenvalue weighted by molar-refractivity contribution is 7.99. The van der Waals surface area contributed by atoms with Crippen LogP contribution in [0, 0.1) is 5.92 Å². The van der Waals surface area contributed by atoms with Gasteiger partial charge in [0.2, 0.25) is 5.91 Å². The van der Waals surface area contributed by atoms with E-state index in [2.05, 4.69) is 17.1 Å². The van der Waals surface area contributed by atoms with Crippen LogP contribution in [0.2, 0.25) is 0 Å². The molecular formula is C11H20N2OS. The number of nitrogens with zero attached hydrogens (tertiary/aromatic N) is 1. The minimum absolute atomic E-state index is 0.240. The normalized spacial score (nSPS) is 32.7. The second-order valence-corrected chi connectivity index (χ2v) is 5.65. The number of carbonyl (C=O) groups is 1. The first-order chi connectivity index (χ1) is 7.29. The van der Waals surface area contributed by atoms with E-state index in [1.54, 1.807) is 0 Å². The van der Waals surface area contributed by atoms with Crippen LogP contribution in [0.5, 0.6) is 0 Å². The van der Waals surface area contributed by atoms with Gasteiger partial charge < -0.3 is 10.2 Å². The maximum Gasteiger partial charge on any atom is 0.227 e. The Morgan fingerprint density at radius 1 is 1.53 bits per heavy atom. The van der Waals surface area contributed by atoms with Crippen LogP contribution >= 0.6 is 11.8 Å². The van der Waals surface area contributed by atoms with Crippen molar-refractivity contribution in [3.63, 3.8) is 0 Å². The van der Waals surface area contributed by atoms with Crippen molar-refractivity contribution in [1.29, 1.82) is 0 Å². The van der Waals surface area contributed by atoms with Crippen molar-refractivity contribution < 1.29 is 4.79 Å². The molecule has 0 radical (unpaired) electrons. The first-order valence-corrected chi connectivity index (χ1v) is 7.03. The molecule has 4 heteroatoms. The average molecular weight is 228 g/mol. The van der Waals surface area contributed by atoms with Gasteiger partial charge in [-0.15, -0.1) is 0 Å². The molecule has 2 fully saturated rings. The zero-order valence-electron chi connectivity index (χ0n) is 9.37. The highest BCUT2D eigenvalue weighted by Gasteiger charge is 2.30. The molecule has 1 N–H and O–H groups in total. The third-order valence-corrected chi connectivity index (χ3v) is 4.49. The summed E-state index contributed by atoms with van der Waals surface area (Å²) >= 11 is 1.96. The number of nitrogens with one attached hydrogen (secondary N) is 1. The summed E-state index contributed by atoms with van der Waals surface area (Å²) in [6.07, 6.45) is 2.22. The van der Waals surface area contributed by atoms with E-state index in [-0.39, 0.29) is 5.92 Å². The number of amides is 1. The first-order valence-electron chi connectivity index (χ1n) is 5.88. The summed E-state index contributed by atoms with van der Waals surface area (Å²) in [5, 5.41) is 3.32. The summed E-state index contributed by atoms with van der Waals surface area (Å²) in [4.78, 5) is 14.3. The van der Waals surface area contributed by atoms with Gasteiger partial charge in [-0.25, -0.2) is 0 Å². The van der Waals surface area contributed by atoms with Crippen LogP contribution in [0.4, 0.5) is 0 Å². The van der Waals surface area contributed by atoms with E-state index in [9.17, 15) is 4.79 Å². The third-order valence-electron chi connectivity index (χ3n) is 3.30. The Morgan fingerprint density at radius 3 is 3.07 bits per heavy atom. The van der Waals surface area contributed by atoms with Gasteiger partial charge in [0.25, 0.3) is 0 Å². The van der Waals surface area contributed by atoms with Gasteiger partial charge in [0.05, 0.1) is 5.92 Å². The van der Waals surface area contributed by atoms with Gasteiger partial charge >= 0.3 is 0 Å². The van der Waals surface area contributed by atoms with Crippen molar-refractivity contribution in [1.82, 2.24) is 10.2 Å². The van der Waals surface area contributed by atoms with E-state index in [0.29, 0.717) is 11.9 Å². The van der Waals surface area contributed by atoms with Gasteiger partial charge in [0.15, 0.2) is 0 Å². The summed E-state index contributed by atoms with van der Waals surface area (Å²) in [5.74, 6) is 2.83. The topological polar surface area (TPSA) is 32.3 Å². The monoisotopic (exact) mass is 228 g/mol. The smallest absolute Gasteiger partial charge is 0.227 e. The van der Waals surface area contributed by atoms with Crippen molar-refractivity contribution in [3.8, 4) is 0 Å². The summed E-state index contributed by atoms with van der Waals surface area (Å²) in [5.41, 5.74) is 0. The molecule has 86 valence electrons. The second-order valence-electron chi connectivity index (χ2n) is 4.50. The van der Waals surface area contributed by atoms with Crippen LogP contribution < -0.4 is 5.32 Å². The number of hydrogen-bond acceptors (Lipinski definition) is 3. The maximum atomic E-state index is 12.2. The quantitative estimate of drug-likeness (QED) is 0.725. The van der Waals surface area contributed by atoms with Crippen molar-refractivity contribution >= 4 is 17.7 Å². The molecule has 2 aliphatic heterocycles.